The lowest BCUT2D eigenvalue weighted by Gasteiger charge is -2.13. The van der Waals surface area contributed by atoms with Gasteiger partial charge in [0.1, 0.15) is 15.9 Å². The van der Waals surface area contributed by atoms with Crippen LogP contribution in [0.2, 0.25) is 5.02 Å². The topological polar surface area (TPSA) is 60.9 Å². The maximum Gasteiger partial charge on any atom is 0.273 e. The van der Waals surface area contributed by atoms with Crippen LogP contribution in [0, 0.1) is 12.7 Å². The van der Waals surface area contributed by atoms with E-state index >= 15 is 0 Å². The predicted octanol–water partition coefficient (Wildman–Crippen LogP) is 3.83. The van der Waals surface area contributed by atoms with Crippen molar-refractivity contribution in [2.24, 2.45) is 0 Å². The van der Waals surface area contributed by atoms with E-state index in [1.807, 2.05) is 0 Å². The minimum absolute atomic E-state index is 0.0141. The molecule has 0 aliphatic heterocycles. The number of halogens is 3. The number of nitrogens with zero attached hydrogens (tertiary/aromatic N) is 2. The summed E-state index contributed by atoms with van der Waals surface area (Å²) >= 11 is 8.89. The molecular formula is C15H10BrClFN3O. The van der Waals surface area contributed by atoms with E-state index < -0.39 is 11.4 Å². The summed E-state index contributed by atoms with van der Waals surface area (Å²) in [5.74, 6) is -0.611. The van der Waals surface area contributed by atoms with Gasteiger partial charge in [-0.15, -0.1) is 0 Å². The number of benzene rings is 1. The van der Waals surface area contributed by atoms with Crippen LogP contribution in [0.25, 0.3) is 16.7 Å². The van der Waals surface area contributed by atoms with E-state index in [-0.39, 0.29) is 9.50 Å². The minimum atomic E-state index is -0.611. The second-order valence-electron chi connectivity index (χ2n) is 4.79. The molecule has 0 aliphatic rings. The highest BCUT2D eigenvalue weighted by Crippen LogP contribution is 2.27. The molecule has 0 unspecified atom stereocenters. The Morgan fingerprint density at radius 3 is 2.73 bits per heavy atom. The van der Waals surface area contributed by atoms with Gasteiger partial charge in [0.2, 0.25) is 0 Å². The van der Waals surface area contributed by atoms with Crippen LogP contribution in [-0.4, -0.2) is 9.55 Å². The van der Waals surface area contributed by atoms with E-state index in [4.69, 9.17) is 17.3 Å². The molecule has 112 valence electrons. The van der Waals surface area contributed by atoms with Crippen molar-refractivity contribution in [1.82, 2.24) is 9.55 Å². The molecule has 0 bridgehead atoms. The van der Waals surface area contributed by atoms with Crippen LogP contribution >= 0.6 is 27.5 Å². The number of fused-ring (bicyclic) bond motifs is 1. The highest BCUT2D eigenvalue weighted by molar-refractivity contribution is 9.10. The van der Waals surface area contributed by atoms with Gasteiger partial charge < -0.3 is 5.73 Å². The standard InChI is InChI=1S/C15H10BrClFN3O/c1-7-2-4-9-13(19)12(16)15(22)21(14(9)20-7)8-3-5-10(17)11(18)6-8/h2-6H,19H2,1H3. The second-order valence-corrected chi connectivity index (χ2v) is 5.99. The molecule has 0 amide bonds. The van der Waals surface area contributed by atoms with Crippen molar-refractivity contribution in [1.29, 1.82) is 0 Å². The van der Waals surface area contributed by atoms with Gasteiger partial charge in [-0.1, -0.05) is 11.6 Å². The Morgan fingerprint density at radius 2 is 2.05 bits per heavy atom. The summed E-state index contributed by atoms with van der Waals surface area (Å²) in [6, 6.07) is 7.71. The molecule has 22 heavy (non-hydrogen) atoms. The van der Waals surface area contributed by atoms with E-state index in [1.54, 1.807) is 25.1 Å². The van der Waals surface area contributed by atoms with Gasteiger partial charge in [0, 0.05) is 11.1 Å². The molecule has 3 aromatic rings. The summed E-state index contributed by atoms with van der Waals surface area (Å²) < 4.78 is 15.3. The third kappa shape index (κ3) is 2.28. The molecule has 3 rings (SSSR count). The van der Waals surface area contributed by atoms with Gasteiger partial charge >= 0.3 is 0 Å². The Kier molecular flexibility index (Phi) is 3.66. The summed E-state index contributed by atoms with van der Waals surface area (Å²) in [5, 5.41) is 0.590. The number of pyridine rings is 2. The smallest absolute Gasteiger partial charge is 0.273 e. The average molecular weight is 383 g/mol. The largest absolute Gasteiger partial charge is 0.397 e. The summed E-state index contributed by atoms with van der Waals surface area (Å²) in [6.07, 6.45) is 0. The fourth-order valence-corrected chi connectivity index (χ4v) is 2.72. The second kappa shape index (κ2) is 5.37. The molecule has 7 heteroatoms. The number of nitrogen functional groups attached to an aromatic ring is 1. The van der Waals surface area contributed by atoms with Crippen LogP contribution in [-0.2, 0) is 0 Å². The SMILES string of the molecule is Cc1ccc2c(N)c(Br)c(=O)n(-c3ccc(Cl)c(F)c3)c2n1. The first-order chi connectivity index (χ1) is 10.4. The third-order valence-corrected chi connectivity index (χ3v) is 4.38. The fourth-order valence-electron chi connectivity index (χ4n) is 2.22. The zero-order chi connectivity index (χ0) is 16.0. The van der Waals surface area contributed by atoms with Crippen molar-refractivity contribution < 1.29 is 4.39 Å². The summed E-state index contributed by atoms with van der Waals surface area (Å²) in [5.41, 5.74) is 7.28. The normalized spacial score (nSPS) is 11.1. The minimum Gasteiger partial charge on any atom is -0.397 e. The molecule has 0 spiro atoms. The zero-order valence-corrected chi connectivity index (χ0v) is 13.7. The molecule has 0 radical (unpaired) electrons. The molecule has 1 aromatic carbocycles. The first-order valence-electron chi connectivity index (χ1n) is 6.33. The number of hydrogen-bond acceptors (Lipinski definition) is 3. The maximum absolute atomic E-state index is 13.8. The number of hydrogen-bond donors (Lipinski definition) is 1. The number of aromatic nitrogens is 2. The molecule has 0 saturated heterocycles. The monoisotopic (exact) mass is 381 g/mol. The molecule has 2 heterocycles. The van der Waals surface area contributed by atoms with Gasteiger partial charge in [0.25, 0.3) is 5.56 Å². The first kappa shape index (κ1) is 15.0. The van der Waals surface area contributed by atoms with Gasteiger partial charge in [-0.3, -0.25) is 9.36 Å². The molecule has 0 saturated carbocycles. The third-order valence-electron chi connectivity index (χ3n) is 3.31. The van der Waals surface area contributed by atoms with Crippen LogP contribution < -0.4 is 11.3 Å². The van der Waals surface area contributed by atoms with Gasteiger partial charge in [0.05, 0.1) is 16.4 Å². The lowest BCUT2D eigenvalue weighted by molar-refractivity contribution is 0.627. The van der Waals surface area contributed by atoms with E-state index in [0.717, 1.165) is 5.69 Å². The van der Waals surface area contributed by atoms with Crippen LogP contribution in [0.5, 0.6) is 0 Å². The molecule has 2 aromatic heterocycles. The molecule has 0 atom stereocenters. The van der Waals surface area contributed by atoms with Crippen LogP contribution in [0.1, 0.15) is 5.69 Å². The van der Waals surface area contributed by atoms with Crippen LogP contribution in [0.15, 0.2) is 39.6 Å². The molecular weight excluding hydrogens is 373 g/mol. The van der Waals surface area contributed by atoms with E-state index in [9.17, 15) is 9.18 Å². The quantitative estimate of drug-likeness (QED) is 0.696. The lowest BCUT2D eigenvalue weighted by Crippen LogP contribution is -2.22. The Labute approximate surface area is 138 Å². The summed E-state index contributed by atoms with van der Waals surface area (Å²) in [6.45, 7) is 1.80. The molecule has 0 aliphatic carbocycles. The van der Waals surface area contributed by atoms with Crippen molar-refractivity contribution in [3.05, 3.63) is 61.7 Å². The Morgan fingerprint density at radius 1 is 1.32 bits per heavy atom. The van der Waals surface area contributed by atoms with E-state index in [1.165, 1.54) is 16.7 Å². The van der Waals surface area contributed by atoms with Gasteiger partial charge in [0.15, 0.2) is 0 Å². The first-order valence-corrected chi connectivity index (χ1v) is 7.50. The lowest BCUT2D eigenvalue weighted by atomic mass is 10.2. The maximum atomic E-state index is 13.8. The average Bonchev–Trinajstić information content (AvgIpc) is 2.48. The van der Waals surface area contributed by atoms with Crippen LogP contribution in [0.3, 0.4) is 0 Å². The van der Waals surface area contributed by atoms with Crippen molar-refractivity contribution in [3.8, 4) is 5.69 Å². The molecule has 2 N–H and O–H groups in total. The Bertz CT molecular complexity index is 971. The summed E-state index contributed by atoms with van der Waals surface area (Å²) in [4.78, 5) is 16.9. The zero-order valence-electron chi connectivity index (χ0n) is 11.4. The van der Waals surface area contributed by atoms with Crippen molar-refractivity contribution >= 4 is 44.3 Å². The number of anilines is 1. The van der Waals surface area contributed by atoms with E-state index in [2.05, 4.69) is 20.9 Å². The summed E-state index contributed by atoms with van der Waals surface area (Å²) in [7, 11) is 0. The van der Waals surface area contributed by atoms with Gasteiger partial charge in [-0.25, -0.2) is 9.37 Å². The fraction of sp³-hybridized carbons (Fsp3) is 0.0667. The van der Waals surface area contributed by atoms with Crippen molar-refractivity contribution in [2.45, 2.75) is 6.92 Å². The number of aryl methyl sites for hydroxylation is 1. The highest BCUT2D eigenvalue weighted by atomic mass is 79.9. The van der Waals surface area contributed by atoms with Crippen molar-refractivity contribution in [2.75, 3.05) is 5.73 Å². The van der Waals surface area contributed by atoms with E-state index in [0.29, 0.717) is 22.4 Å². The number of nitrogens with two attached hydrogens (primary N) is 1. The highest BCUT2D eigenvalue weighted by Gasteiger charge is 2.16. The molecule has 4 nitrogen and oxygen atoms in total. The van der Waals surface area contributed by atoms with Crippen molar-refractivity contribution in [3.63, 3.8) is 0 Å². The van der Waals surface area contributed by atoms with Crippen LogP contribution in [0.4, 0.5) is 10.1 Å². The Balaban J connectivity index is 2.49. The Hall–Kier alpha value is -1.92. The van der Waals surface area contributed by atoms with Gasteiger partial charge in [-0.2, -0.15) is 0 Å². The predicted molar refractivity (Wildman–Crippen MR) is 89.2 cm³/mol. The number of rotatable bonds is 1. The molecule has 0 fully saturated rings. The van der Waals surface area contributed by atoms with Gasteiger partial charge in [-0.05, 0) is 53.2 Å².